The second-order valence-corrected chi connectivity index (χ2v) is 9.85. The number of urea groups is 1. The number of amides is 4. The minimum atomic E-state index is -1.40. The molecule has 0 radical (unpaired) electrons. The summed E-state index contributed by atoms with van der Waals surface area (Å²) in [5, 5.41) is 0. The van der Waals surface area contributed by atoms with Gasteiger partial charge in [0.1, 0.15) is 0 Å². The van der Waals surface area contributed by atoms with Crippen LogP contribution in [-0.4, -0.2) is 30.4 Å². The summed E-state index contributed by atoms with van der Waals surface area (Å²) in [5.74, 6) is -0.485. The van der Waals surface area contributed by atoms with E-state index in [2.05, 4.69) is 17.9 Å². The number of anilines is 3. The zero-order valence-corrected chi connectivity index (χ0v) is 19.6. The first kappa shape index (κ1) is 21.6. The molecule has 6 rings (SSSR count). The lowest BCUT2D eigenvalue weighted by molar-refractivity contribution is -0.143. The smallest absolute Gasteiger partial charge is 0.342 e. The van der Waals surface area contributed by atoms with Crippen molar-refractivity contribution < 1.29 is 14.4 Å². The number of para-hydroxylation sites is 3. The third kappa shape index (κ3) is 3.13. The van der Waals surface area contributed by atoms with Gasteiger partial charge in [-0.3, -0.25) is 9.59 Å². The minimum absolute atomic E-state index is 0.272. The second-order valence-electron chi connectivity index (χ2n) is 9.85. The molecule has 176 valence electrons. The van der Waals surface area contributed by atoms with Crippen molar-refractivity contribution in [1.29, 1.82) is 0 Å². The highest BCUT2D eigenvalue weighted by atomic mass is 16.2. The van der Waals surface area contributed by atoms with E-state index in [0.29, 0.717) is 23.7 Å². The Morgan fingerprint density at radius 1 is 0.743 bits per heavy atom. The first-order valence-electron chi connectivity index (χ1n) is 12.2. The van der Waals surface area contributed by atoms with Crippen molar-refractivity contribution in [3.8, 4) is 0 Å². The first-order chi connectivity index (χ1) is 17.0. The van der Waals surface area contributed by atoms with Gasteiger partial charge in [0.2, 0.25) is 0 Å². The summed E-state index contributed by atoms with van der Waals surface area (Å²) in [6.07, 6.45) is 1.98. The predicted octanol–water partition coefficient (Wildman–Crippen LogP) is 5.03. The molecule has 3 aromatic rings. The van der Waals surface area contributed by atoms with E-state index in [-0.39, 0.29) is 12.5 Å². The molecule has 0 unspecified atom stereocenters. The van der Waals surface area contributed by atoms with E-state index in [4.69, 9.17) is 0 Å². The van der Waals surface area contributed by atoms with Crippen LogP contribution in [0.15, 0.2) is 84.9 Å². The van der Waals surface area contributed by atoms with Gasteiger partial charge in [0.25, 0.3) is 11.8 Å². The highest BCUT2D eigenvalue weighted by Crippen LogP contribution is 2.50. The third-order valence-electron chi connectivity index (χ3n) is 7.78. The fraction of sp³-hybridized carbons (Fsp3) is 0.276. The summed E-state index contributed by atoms with van der Waals surface area (Å²) in [5.41, 5.74) is 1.61. The van der Waals surface area contributed by atoms with E-state index in [0.717, 1.165) is 24.2 Å². The Labute approximate surface area is 204 Å². The fourth-order valence-electron chi connectivity index (χ4n) is 6.07. The number of imide groups is 2. The van der Waals surface area contributed by atoms with E-state index in [1.807, 2.05) is 30.3 Å². The molecular formula is C29H27N3O3. The van der Waals surface area contributed by atoms with Crippen LogP contribution in [0, 0.1) is 11.3 Å². The highest BCUT2D eigenvalue weighted by Gasteiger charge is 2.65. The molecule has 2 saturated heterocycles. The Morgan fingerprint density at radius 2 is 1.29 bits per heavy atom. The summed E-state index contributed by atoms with van der Waals surface area (Å²) >= 11 is 0. The number of rotatable bonds is 2. The molecular weight excluding hydrogens is 438 g/mol. The van der Waals surface area contributed by atoms with Gasteiger partial charge in [-0.15, -0.1) is 0 Å². The number of nitrogens with zero attached hydrogens (tertiary/aromatic N) is 3. The Morgan fingerprint density at radius 3 is 1.89 bits per heavy atom. The molecule has 2 fully saturated rings. The summed E-state index contributed by atoms with van der Waals surface area (Å²) < 4.78 is 0. The van der Waals surface area contributed by atoms with Gasteiger partial charge in [-0.1, -0.05) is 61.5 Å². The Kier molecular flexibility index (Phi) is 4.99. The maximum Gasteiger partial charge on any atom is 0.342 e. The van der Waals surface area contributed by atoms with Crippen LogP contribution in [0.1, 0.15) is 25.3 Å². The first-order valence-corrected chi connectivity index (χ1v) is 12.2. The van der Waals surface area contributed by atoms with Crippen LogP contribution in [0.3, 0.4) is 0 Å². The number of barbiturate groups is 1. The average Bonchev–Trinajstić information content (AvgIpc) is 2.89. The SMILES string of the molecule is C[C@@H]1CCN2c3ccccc3CC3(C(=O)N(c4ccccc4)C(=O)N(c4ccccc4)C3=O)[C@H]2C1. The molecule has 3 aliphatic rings. The molecule has 0 bridgehead atoms. The summed E-state index contributed by atoms with van der Waals surface area (Å²) in [6.45, 7) is 2.95. The average molecular weight is 466 g/mol. The maximum absolute atomic E-state index is 14.5. The van der Waals surface area contributed by atoms with Crippen LogP contribution in [0.5, 0.6) is 0 Å². The molecule has 6 heteroatoms. The van der Waals surface area contributed by atoms with Crippen molar-refractivity contribution in [3.05, 3.63) is 90.5 Å². The summed E-state index contributed by atoms with van der Waals surface area (Å²) in [7, 11) is 0. The monoisotopic (exact) mass is 465 g/mol. The molecule has 6 nitrogen and oxygen atoms in total. The molecule has 0 aliphatic carbocycles. The van der Waals surface area contributed by atoms with Gasteiger partial charge in [-0.05, 0) is 61.1 Å². The number of piperidine rings is 1. The van der Waals surface area contributed by atoms with Crippen molar-refractivity contribution in [2.24, 2.45) is 11.3 Å². The zero-order valence-electron chi connectivity index (χ0n) is 19.6. The van der Waals surface area contributed by atoms with E-state index >= 15 is 0 Å². The number of hydrogen-bond donors (Lipinski definition) is 0. The van der Waals surface area contributed by atoms with Crippen molar-refractivity contribution in [1.82, 2.24) is 0 Å². The van der Waals surface area contributed by atoms with Crippen molar-refractivity contribution in [3.63, 3.8) is 0 Å². The van der Waals surface area contributed by atoms with Gasteiger partial charge in [0.05, 0.1) is 17.4 Å². The number of benzene rings is 3. The van der Waals surface area contributed by atoms with Crippen molar-refractivity contribution in [2.75, 3.05) is 21.2 Å². The van der Waals surface area contributed by atoms with Gasteiger partial charge in [0, 0.05) is 12.2 Å². The quantitative estimate of drug-likeness (QED) is 0.498. The van der Waals surface area contributed by atoms with E-state index < -0.39 is 23.3 Å². The molecule has 2 atom stereocenters. The molecule has 35 heavy (non-hydrogen) atoms. The van der Waals surface area contributed by atoms with Crippen LogP contribution in [0.25, 0.3) is 0 Å². The molecule has 0 aromatic heterocycles. The lowest BCUT2D eigenvalue weighted by Gasteiger charge is -2.56. The number of hydrogen-bond acceptors (Lipinski definition) is 4. The number of carbonyl (C=O) groups excluding carboxylic acids is 3. The van der Waals surface area contributed by atoms with Crippen LogP contribution < -0.4 is 14.7 Å². The molecule has 0 N–H and O–H groups in total. The van der Waals surface area contributed by atoms with E-state index in [1.165, 1.54) is 9.80 Å². The molecule has 0 saturated carbocycles. The number of fused-ring (bicyclic) bond motifs is 4. The largest absolute Gasteiger partial charge is 0.367 e. The van der Waals surface area contributed by atoms with Crippen LogP contribution in [-0.2, 0) is 16.0 Å². The fourth-order valence-corrected chi connectivity index (χ4v) is 6.07. The van der Waals surface area contributed by atoms with Crippen LogP contribution >= 0.6 is 0 Å². The summed E-state index contributed by atoms with van der Waals surface area (Å²) in [6, 6.07) is 25.0. The standard InChI is InChI=1S/C29H27N3O3/c1-20-16-17-30-24-15-9-8-10-21(24)19-29(25(30)18-20)26(33)31(22-11-4-2-5-12-22)28(35)32(27(29)34)23-13-6-3-7-14-23/h2-15,20,25H,16-19H2,1H3/t20-,25-/m1/s1. The zero-order chi connectivity index (χ0) is 24.2. The molecule has 1 spiro atoms. The molecule has 3 aromatic carbocycles. The second kappa shape index (κ2) is 8.08. The van der Waals surface area contributed by atoms with Gasteiger partial charge < -0.3 is 4.90 Å². The topological polar surface area (TPSA) is 60.9 Å². The highest BCUT2D eigenvalue weighted by molar-refractivity contribution is 6.39. The van der Waals surface area contributed by atoms with E-state index in [9.17, 15) is 14.4 Å². The minimum Gasteiger partial charge on any atom is -0.367 e. The Hall–Kier alpha value is -3.93. The number of carbonyl (C=O) groups is 3. The lowest BCUT2D eigenvalue weighted by atomic mass is 9.64. The molecule has 3 heterocycles. The Balaban J connectivity index is 1.59. The van der Waals surface area contributed by atoms with Gasteiger partial charge >= 0.3 is 6.03 Å². The van der Waals surface area contributed by atoms with Crippen molar-refractivity contribution in [2.45, 2.75) is 32.2 Å². The Bertz CT molecular complexity index is 1250. The predicted molar refractivity (Wildman–Crippen MR) is 135 cm³/mol. The van der Waals surface area contributed by atoms with E-state index in [1.54, 1.807) is 48.5 Å². The van der Waals surface area contributed by atoms with Crippen molar-refractivity contribution >= 4 is 34.9 Å². The lowest BCUT2D eigenvalue weighted by Crippen LogP contribution is -2.74. The summed E-state index contributed by atoms with van der Waals surface area (Å²) in [4.78, 5) is 47.5. The third-order valence-corrected chi connectivity index (χ3v) is 7.78. The maximum atomic E-state index is 14.5. The van der Waals surface area contributed by atoms with Gasteiger partial charge in [0.15, 0.2) is 5.41 Å². The normalized spacial score (nSPS) is 23.3. The van der Waals surface area contributed by atoms with Gasteiger partial charge in [-0.2, -0.15) is 0 Å². The van der Waals surface area contributed by atoms with Crippen LogP contribution in [0.2, 0.25) is 0 Å². The molecule has 3 aliphatic heterocycles. The van der Waals surface area contributed by atoms with Crippen LogP contribution in [0.4, 0.5) is 21.9 Å². The molecule has 4 amide bonds. The van der Waals surface area contributed by atoms with Gasteiger partial charge in [-0.25, -0.2) is 14.6 Å².